The van der Waals surface area contributed by atoms with Gasteiger partial charge in [-0.05, 0) is 56.5 Å². The minimum Gasteiger partial charge on any atom is -0.493 e. The van der Waals surface area contributed by atoms with Crippen LogP contribution in [0.25, 0.3) is 0 Å². The predicted molar refractivity (Wildman–Crippen MR) is 86.9 cm³/mol. The van der Waals surface area contributed by atoms with Gasteiger partial charge in [-0.15, -0.1) is 0 Å². The van der Waals surface area contributed by atoms with Crippen molar-refractivity contribution < 1.29 is 4.74 Å². The molecule has 2 heterocycles. The van der Waals surface area contributed by atoms with Crippen LogP contribution in [0, 0.1) is 0 Å². The van der Waals surface area contributed by atoms with Crippen molar-refractivity contribution in [1.29, 1.82) is 0 Å². The second-order valence-electron chi connectivity index (χ2n) is 6.50. The summed E-state index contributed by atoms with van der Waals surface area (Å²) in [7, 11) is 0. The van der Waals surface area contributed by atoms with E-state index in [0.717, 1.165) is 25.2 Å². The fourth-order valence-electron chi connectivity index (χ4n) is 3.62. The average Bonchev–Trinajstić information content (AvgIpc) is 3.14. The van der Waals surface area contributed by atoms with E-state index in [0.29, 0.717) is 12.1 Å². The van der Waals surface area contributed by atoms with Gasteiger partial charge >= 0.3 is 0 Å². The molecule has 1 saturated heterocycles. The topological polar surface area (TPSA) is 24.5 Å². The highest BCUT2D eigenvalue weighted by Crippen LogP contribution is 2.29. The first-order valence-electron chi connectivity index (χ1n) is 8.50. The molecule has 0 aliphatic carbocycles. The molecule has 1 aromatic rings. The van der Waals surface area contributed by atoms with E-state index in [4.69, 9.17) is 4.74 Å². The molecule has 0 aromatic heterocycles. The van der Waals surface area contributed by atoms with Crippen LogP contribution in [0.1, 0.15) is 50.3 Å². The van der Waals surface area contributed by atoms with E-state index >= 15 is 0 Å². The van der Waals surface area contributed by atoms with Crippen LogP contribution in [-0.2, 0) is 6.42 Å². The molecule has 0 bridgehead atoms. The zero-order valence-electron chi connectivity index (χ0n) is 13.4. The van der Waals surface area contributed by atoms with Crippen LogP contribution in [0.5, 0.6) is 5.75 Å². The maximum absolute atomic E-state index is 5.61. The molecule has 0 saturated carbocycles. The van der Waals surface area contributed by atoms with Gasteiger partial charge < -0.3 is 15.0 Å². The van der Waals surface area contributed by atoms with Gasteiger partial charge in [0.25, 0.3) is 0 Å². The molecular weight excluding hydrogens is 260 g/mol. The molecule has 1 aromatic carbocycles. The normalized spacial score (nSPS) is 21.0. The molecule has 116 valence electrons. The fourth-order valence-corrected chi connectivity index (χ4v) is 3.62. The molecule has 0 radical (unpaired) electrons. The van der Waals surface area contributed by atoms with Gasteiger partial charge in [0.05, 0.1) is 6.61 Å². The second-order valence-corrected chi connectivity index (χ2v) is 6.50. The van der Waals surface area contributed by atoms with Crippen molar-refractivity contribution >= 4 is 0 Å². The number of ether oxygens (including phenoxy) is 1. The van der Waals surface area contributed by atoms with Crippen molar-refractivity contribution in [1.82, 2.24) is 10.2 Å². The largest absolute Gasteiger partial charge is 0.493 e. The van der Waals surface area contributed by atoms with Crippen molar-refractivity contribution in [3.63, 3.8) is 0 Å². The molecule has 3 nitrogen and oxygen atoms in total. The zero-order chi connectivity index (χ0) is 14.7. The van der Waals surface area contributed by atoms with Gasteiger partial charge in [-0.3, -0.25) is 0 Å². The average molecular weight is 288 g/mol. The van der Waals surface area contributed by atoms with E-state index < -0.39 is 0 Å². The molecule has 0 amide bonds. The lowest BCUT2D eigenvalue weighted by Gasteiger charge is -2.26. The van der Waals surface area contributed by atoms with Crippen LogP contribution in [0.15, 0.2) is 18.2 Å². The molecule has 2 aliphatic heterocycles. The third kappa shape index (κ3) is 3.58. The molecule has 21 heavy (non-hydrogen) atoms. The van der Waals surface area contributed by atoms with Crippen LogP contribution in [0.4, 0.5) is 0 Å². The Hall–Kier alpha value is -1.06. The summed E-state index contributed by atoms with van der Waals surface area (Å²) in [6.07, 6.45) is 4.93. The summed E-state index contributed by atoms with van der Waals surface area (Å²) in [5.41, 5.74) is 2.79. The summed E-state index contributed by atoms with van der Waals surface area (Å²) in [6, 6.07) is 7.71. The van der Waals surface area contributed by atoms with Crippen LogP contribution in [-0.4, -0.2) is 37.2 Å². The van der Waals surface area contributed by atoms with E-state index in [1.54, 1.807) is 0 Å². The van der Waals surface area contributed by atoms with Gasteiger partial charge in [-0.25, -0.2) is 0 Å². The molecule has 3 heteroatoms. The quantitative estimate of drug-likeness (QED) is 0.870. The van der Waals surface area contributed by atoms with Gasteiger partial charge in [0.2, 0.25) is 0 Å². The minimum absolute atomic E-state index is 0.452. The smallest absolute Gasteiger partial charge is 0.122 e. The van der Waals surface area contributed by atoms with Gasteiger partial charge in [0, 0.05) is 25.0 Å². The first-order chi connectivity index (χ1) is 10.3. The van der Waals surface area contributed by atoms with E-state index in [1.165, 1.54) is 43.6 Å². The zero-order valence-corrected chi connectivity index (χ0v) is 13.4. The number of hydrogen-bond acceptors (Lipinski definition) is 3. The molecule has 1 N–H and O–H groups in total. The summed E-state index contributed by atoms with van der Waals surface area (Å²) < 4.78 is 5.61. The number of rotatable bonds is 6. The van der Waals surface area contributed by atoms with Crippen molar-refractivity contribution in [3.05, 3.63) is 29.3 Å². The van der Waals surface area contributed by atoms with E-state index in [1.807, 2.05) is 0 Å². The number of nitrogens with zero attached hydrogens (tertiary/aromatic N) is 1. The lowest BCUT2D eigenvalue weighted by molar-refractivity contribution is 0.284. The molecule has 0 spiro atoms. The third-order valence-electron chi connectivity index (χ3n) is 4.74. The SMILES string of the molecule is CCC(NC(C)CN1CCCC1)c1ccc2c(c1)CCO2. The number of nitrogens with one attached hydrogen (secondary N) is 1. The Kier molecular flexibility index (Phi) is 4.81. The first kappa shape index (κ1) is 14.9. The van der Waals surface area contributed by atoms with Gasteiger partial charge in [0.1, 0.15) is 5.75 Å². The number of hydrogen-bond donors (Lipinski definition) is 1. The standard InChI is InChI=1S/C18H28N2O/c1-3-17(19-14(2)13-20-9-4-5-10-20)15-6-7-18-16(12-15)8-11-21-18/h6-7,12,14,17,19H,3-5,8-11,13H2,1-2H3. The first-order valence-corrected chi connectivity index (χ1v) is 8.50. The number of likely N-dealkylation sites (tertiary alicyclic amines) is 1. The Labute approximate surface area is 128 Å². The Bertz CT molecular complexity index is 468. The van der Waals surface area contributed by atoms with E-state index in [9.17, 15) is 0 Å². The summed E-state index contributed by atoms with van der Waals surface area (Å²) in [6.45, 7) is 9.15. The van der Waals surface area contributed by atoms with Crippen molar-refractivity contribution in [3.8, 4) is 5.75 Å². The lowest BCUT2D eigenvalue weighted by atomic mass is 10.00. The van der Waals surface area contributed by atoms with Crippen LogP contribution < -0.4 is 10.1 Å². The maximum atomic E-state index is 5.61. The third-order valence-corrected chi connectivity index (χ3v) is 4.74. The molecule has 2 aliphatic rings. The highest BCUT2D eigenvalue weighted by molar-refractivity contribution is 5.40. The minimum atomic E-state index is 0.452. The molecule has 2 atom stereocenters. The van der Waals surface area contributed by atoms with E-state index in [-0.39, 0.29) is 0 Å². The second kappa shape index (κ2) is 6.80. The van der Waals surface area contributed by atoms with Gasteiger partial charge in [0.15, 0.2) is 0 Å². The highest BCUT2D eigenvalue weighted by atomic mass is 16.5. The van der Waals surface area contributed by atoms with Gasteiger partial charge in [-0.1, -0.05) is 19.1 Å². The molecular formula is C18H28N2O. The molecule has 3 rings (SSSR count). The Morgan fingerprint density at radius 3 is 2.86 bits per heavy atom. The summed E-state index contributed by atoms with van der Waals surface area (Å²) in [5, 5.41) is 3.82. The highest BCUT2D eigenvalue weighted by Gasteiger charge is 2.19. The summed E-state index contributed by atoms with van der Waals surface area (Å²) in [5.74, 6) is 1.08. The molecule has 1 fully saturated rings. The number of fused-ring (bicyclic) bond motifs is 1. The maximum Gasteiger partial charge on any atom is 0.122 e. The summed E-state index contributed by atoms with van der Waals surface area (Å²) >= 11 is 0. The Balaban J connectivity index is 1.61. The Morgan fingerprint density at radius 1 is 1.29 bits per heavy atom. The fraction of sp³-hybridized carbons (Fsp3) is 0.667. The van der Waals surface area contributed by atoms with E-state index in [2.05, 4.69) is 42.3 Å². The lowest BCUT2D eigenvalue weighted by Crippen LogP contribution is -2.39. The van der Waals surface area contributed by atoms with Crippen LogP contribution in [0.2, 0.25) is 0 Å². The van der Waals surface area contributed by atoms with Gasteiger partial charge in [-0.2, -0.15) is 0 Å². The predicted octanol–water partition coefficient (Wildman–Crippen LogP) is 3.15. The molecule has 2 unspecified atom stereocenters. The van der Waals surface area contributed by atoms with Crippen molar-refractivity contribution in [2.24, 2.45) is 0 Å². The Morgan fingerprint density at radius 2 is 2.10 bits per heavy atom. The number of benzene rings is 1. The van der Waals surface area contributed by atoms with Crippen LogP contribution >= 0.6 is 0 Å². The van der Waals surface area contributed by atoms with Crippen molar-refractivity contribution in [2.45, 2.75) is 51.6 Å². The monoisotopic (exact) mass is 288 g/mol. The summed E-state index contributed by atoms with van der Waals surface area (Å²) in [4.78, 5) is 2.58. The van der Waals surface area contributed by atoms with Crippen molar-refractivity contribution in [2.75, 3.05) is 26.2 Å². The van der Waals surface area contributed by atoms with Crippen LogP contribution in [0.3, 0.4) is 0 Å².